The highest BCUT2D eigenvalue weighted by atomic mass is 16.5. The highest BCUT2D eigenvalue weighted by Crippen LogP contribution is 2.25. The van der Waals surface area contributed by atoms with E-state index in [0.29, 0.717) is 17.3 Å². The van der Waals surface area contributed by atoms with Gasteiger partial charge in [0.2, 0.25) is 5.82 Å². The number of anilines is 1. The van der Waals surface area contributed by atoms with Crippen molar-refractivity contribution in [3.63, 3.8) is 0 Å². The molecule has 0 radical (unpaired) electrons. The van der Waals surface area contributed by atoms with Crippen molar-refractivity contribution < 1.29 is 8.94 Å². The normalized spacial score (nSPS) is 10.7. The van der Waals surface area contributed by atoms with Crippen LogP contribution in [0.2, 0.25) is 0 Å². The maximum absolute atomic E-state index is 5.69. The number of nitrogens with two attached hydrogens (primary N) is 1. The van der Waals surface area contributed by atoms with Crippen molar-refractivity contribution >= 4 is 5.82 Å². The molecule has 0 aromatic carbocycles. The van der Waals surface area contributed by atoms with Crippen LogP contribution in [0.15, 0.2) is 33.7 Å². The highest BCUT2D eigenvalue weighted by molar-refractivity contribution is 5.63. The lowest BCUT2D eigenvalue weighted by Crippen LogP contribution is -1.96. The predicted molar refractivity (Wildman–Crippen MR) is 62.2 cm³/mol. The van der Waals surface area contributed by atoms with Gasteiger partial charge in [-0.15, -0.1) is 0 Å². The zero-order chi connectivity index (χ0) is 12.5. The molecule has 0 fully saturated rings. The average molecular weight is 243 g/mol. The van der Waals surface area contributed by atoms with Crippen LogP contribution in [-0.4, -0.2) is 20.1 Å². The lowest BCUT2D eigenvalue weighted by Gasteiger charge is -1.95. The van der Waals surface area contributed by atoms with E-state index < -0.39 is 0 Å². The second-order valence-electron chi connectivity index (χ2n) is 3.65. The third-order valence-electron chi connectivity index (χ3n) is 2.42. The first-order valence-electron chi connectivity index (χ1n) is 5.20. The Labute approximate surface area is 102 Å². The minimum Gasteiger partial charge on any atom is -0.461 e. The molecule has 0 atom stereocenters. The fourth-order valence-electron chi connectivity index (χ4n) is 1.53. The fraction of sp³-hybridized carbons (Fsp3) is 0.0909. The minimum absolute atomic E-state index is 0.214. The SMILES string of the molecule is Cc1ccoc1-c1noc(-c2nccnc2N)n1. The van der Waals surface area contributed by atoms with E-state index in [1.54, 1.807) is 6.26 Å². The summed E-state index contributed by atoms with van der Waals surface area (Å²) >= 11 is 0. The van der Waals surface area contributed by atoms with Gasteiger partial charge in [-0.3, -0.25) is 0 Å². The Morgan fingerprint density at radius 3 is 2.78 bits per heavy atom. The van der Waals surface area contributed by atoms with Crippen molar-refractivity contribution in [2.24, 2.45) is 0 Å². The summed E-state index contributed by atoms with van der Waals surface area (Å²) in [4.78, 5) is 12.2. The van der Waals surface area contributed by atoms with Crippen LogP contribution in [-0.2, 0) is 0 Å². The second-order valence-corrected chi connectivity index (χ2v) is 3.65. The third-order valence-corrected chi connectivity index (χ3v) is 2.42. The van der Waals surface area contributed by atoms with E-state index in [1.165, 1.54) is 12.4 Å². The Kier molecular flexibility index (Phi) is 2.30. The molecule has 0 saturated carbocycles. The monoisotopic (exact) mass is 243 g/mol. The Morgan fingerprint density at radius 2 is 2.06 bits per heavy atom. The Balaban J connectivity index is 2.05. The molecule has 7 heteroatoms. The van der Waals surface area contributed by atoms with E-state index in [2.05, 4.69) is 20.1 Å². The molecule has 0 aliphatic rings. The number of rotatable bonds is 2. The second kappa shape index (κ2) is 3.95. The van der Waals surface area contributed by atoms with Crippen LogP contribution in [0.1, 0.15) is 5.56 Å². The molecule has 0 amide bonds. The molecule has 0 aliphatic carbocycles. The summed E-state index contributed by atoms with van der Waals surface area (Å²) in [7, 11) is 0. The molecule has 0 spiro atoms. The highest BCUT2D eigenvalue weighted by Gasteiger charge is 2.17. The van der Waals surface area contributed by atoms with E-state index in [9.17, 15) is 0 Å². The number of nitrogens with zero attached hydrogens (tertiary/aromatic N) is 4. The molecule has 0 aliphatic heterocycles. The number of nitrogen functional groups attached to an aromatic ring is 1. The van der Waals surface area contributed by atoms with Crippen LogP contribution in [0.5, 0.6) is 0 Å². The van der Waals surface area contributed by atoms with Gasteiger partial charge in [0.25, 0.3) is 5.89 Å². The zero-order valence-electron chi connectivity index (χ0n) is 9.49. The largest absolute Gasteiger partial charge is 0.461 e. The van der Waals surface area contributed by atoms with Crippen molar-refractivity contribution in [2.75, 3.05) is 5.73 Å². The van der Waals surface area contributed by atoms with Crippen LogP contribution >= 0.6 is 0 Å². The van der Waals surface area contributed by atoms with Gasteiger partial charge in [-0.2, -0.15) is 4.98 Å². The van der Waals surface area contributed by atoms with Crippen molar-refractivity contribution in [1.82, 2.24) is 20.1 Å². The predicted octanol–water partition coefficient (Wildman–Crippen LogP) is 1.68. The van der Waals surface area contributed by atoms with Gasteiger partial charge >= 0.3 is 0 Å². The summed E-state index contributed by atoms with van der Waals surface area (Å²) < 4.78 is 10.4. The van der Waals surface area contributed by atoms with E-state index in [1.807, 2.05) is 13.0 Å². The first-order chi connectivity index (χ1) is 8.75. The van der Waals surface area contributed by atoms with E-state index in [-0.39, 0.29) is 11.7 Å². The molecule has 0 unspecified atom stereocenters. The molecule has 3 aromatic heterocycles. The van der Waals surface area contributed by atoms with Gasteiger partial charge in [-0.05, 0) is 18.6 Å². The van der Waals surface area contributed by atoms with Crippen LogP contribution < -0.4 is 5.73 Å². The molecule has 0 bridgehead atoms. The van der Waals surface area contributed by atoms with Crippen LogP contribution in [0.25, 0.3) is 23.2 Å². The molecule has 3 rings (SSSR count). The zero-order valence-corrected chi connectivity index (χ0v) is 9.49. The van der Waals surface area contributed by atoms with Crippen molar-refractivity contribution in [3.05, 3.63) is 30.3 Å². The average Bonchev–Trinajstić information content (AvgIpc) is 2.98. The number of aromatic nitrogens is 4. The van der Waals surface area contributed by atoms with Gasteiger partial charge in [-0.1, -0.05) is 5.16 Å². The number of hydrogen-bond acceptors (Lipinski definition) is 7. The van der Waals surface area contributed by atoms with Crippen LogP contribution in [0.4, 0.5) is 5.82 Å². The van der Waals surface area contributed by atoms with Crippen molar-refractivity contribution in [1.29, 1.82) is 0 Å². The summed E-state index contributed by atoms with van der Waals surface area (Å²) in [5.74, 6) is 1.38. The van der Waals surface area contributed by atoms with Crippen LogP contribution in [0, 0.1) is 6.92 Å². The number of furan rings is 1. The lowest BCUT2D eigenvalue weighted by molar-refractivity contribution is 0.428. The molecule has 0 saturated heterocycles. The maximum atomic E-state index is 5.69. The standard InChI is InChI=1S/C11H9N5O2/c1-6-2-5-17-8(6)10-15-11(18-16-10)7-9(12)14-4-3-13-7/h2-5H,1H3,(H2,12,14). The molecule has 7 nitrogen and oxygen atoms in total. The number of hydrogen-bond donors (Lipinski definition) is 1. The molecule has 18 heavy (non-hydrogen) atoms. The minimum atomic E-state index is 0.214. The molecule has 3 heterocycles. The Hall–Kier alpha value is -2.70. The molecular formula is C11H9N5O2. The summed E-state index contributed by atoms with van der Waals surface area (Å²) in [6.45, 7) is 1.89. The summed E-state index contributed by atoms with van der Waals surface area (Å²) in [6, 6.07) is 1.82. The lowest BCUT2D eigenvalue weighted by atomic mass is 10.3. The van der Waals surface area contributed by atoms with Gasteiger partial charge in [0.1, 0.15) is 0 Å². The van der Waals surface area contributed by atoms with Gasteiger partial charge < -0.3 is 14.7 Å². The quantitative estimate of drug-likeness (QED) is 0.729. The Bertz CT molecular complexity index is 688. The summed E-state index contributed by atoms with van der Waals surface area (Å²) in [6.07, 6.45) is 4.57. The van der Waals surface area contributed by atoms with Gasteiger partial charge in [0, 0.05) is 12.4 Å². The summed E-state index contributed by atoms with van der Waals surface area (Å²) in [5, 5.41) is 3.83. The maximum Gasteiger partial charge on any atom is 0.280 e. The Morgan fingerprint density at radius 1 is 1.22 bits per heavy atom. The topological polar surface area (TPSA) is 104 Å². The van der Waals surface area contributed by atoms with Crippen molar-refractivity contribution in [3.8, 4) is 23.2 Å². The molecular weight excluding hydrogens is 234 g/mol. The van der Waals surface area contributed by atoms with Crippen LogP contribution in [0.3, 0.4) is 0 Å². The summed E-state index contributed by atoms with van der Waals surface area (Å²) in [5.41, 5.74) is 6.97. The van der Waals surface area contributed by atoms with E-state index in [4.69, 9.17) is 14.7 Å². The van der Waals surface area contributed by atoms with Gasteiger partial charge in [-0.25, -0.2) is 9.97 Å². The molecule has 90 valence electrons. The van der Waals surface area contributed by atoms with Gasteiger partial charge in [0.15, 0.2) is 17.3 Å². The van der Waals surface area contributed by atoms with Gasteiger partial charge in [0.05, 0.1) is 6.26 Å². The first-order valence-corrected chi connectivity index (χ1v) is 5.20. The smallest absolute Gasteiger partial charge is 0.280 e. The number of aryl methyl sites for hydroxylation is 1. The molecule has 3 aromatic rings. The van der Waals surface area contributed by atoms with E-state index in [0.717, 1.165) is 5.56 Å². The fourth-order valence-corrected chi connectivity index (χ4v) is 1.53. The molecule has 2 N–H and O–H groups in total. The third kappa shape index (κ3) is 1.61. The van der Waals surface area contributed by atoms with Crippen molar-refractivity contribution in [2.45, 2.75) is 6.92 Å². The van der Waals surface area contributed by atoms with E-state index >= 15 is 0 Å². The first kappa shape index (κ1) is 10.5.